The number of aryl methyl sites for hydroxylation is 1. The summed E-state index contributed by atoms with van der Waals surface area (Å²) in [4.78, 5) is 14.7. The second-order valence-corrected chi connectivity index (χ2v) is 7.45. The van der Waals surface area contributed by atoms with Crippen LogP contribution in [0.4, 0.5) is 8.78 Å². The van der Waals surface area contributed by atoms with E-state index < -0.39 is 11.6 Å². The minimum Gasteiger partial charge on any atom is -0.337 e. The highest BCUT2D eigenvalue weighted by molar-refractivity contribution is 5.92. The summed E-state index contributed by atoms with van der Waals surface area (Å²) in [6, 6.07) is 11.9. The molecule has 0 spiro atoms. The van der Waals surface area contributed by atoms with Gasteiger partial charge in [-0.3, -0.25) is 4.79 Å². The number of carbonyl (C=O) groups excluding carboxylic acids is 1. The largest absolute Gasteiger partial charge is 0.337 e. The third-order valence-electron chi connectivity index (χ3n) is 5.48. The monoisotopic (exact) mass is 396 g/mol. The minimum absolute atomic E-state index is 0.103. The number of hydrogen-bond acceptors (Lipinski definition) is 3. The first-order chi connectivity index (χ1) is 14.0. The Balaban J connectivity index is 1.48. The van der Waals surface area contributed by atoms with Crippen molar-refractivity contribution in [3.8, 4) is 0 Å². The highest BCUT2D eigenvalue weighted by Gasteiger charge is 2.27. The van der Waals surface area contributed by atoms with Gasteiger partial charge in [0.1, 0.15) is 11.6 Å². The Kier molecular flexibility index (Phi) is 5.38. The van der Waals surface area contributed by atoms with Crippen molar-refractivity contribution in [1.29, 1.82) is 0 Å². The van der Waals surface area contributed by atoms with Crippen LogP contribution >= 0.6 is 0 Å². The molecule has 0 radical (unpaired) electrons. The summed E-state index contributed by atoms with van der Waals surface area (Å²) in [5.41, 5.74) is 2.58. The normalized spacial score (nSPS) is 16.8. The van der Waals surface area contributed by atoms with Gasteiger partial charge in [-0.1, -0.05) is 35.5 Å². The van der Waals surface area contributed by atoms with Crippen LogP contribution in [-0.4, -0.2) is 38.9 Å². The number of aromatic nitrogens is 3. The van der Waals surface area contributed by atoms with E-state index in [0.717, 1.165) is 12.8 Å². The lowest BCUT2D eigenvalue weighted by Crippen LogP contribution is -2.39. The van der Waals surface area contributed by atoms with Crippen molar-refractivity contribution >= 4 is 5.91 Å². The van der Waals surface area contributed by atoms with Crippen LogP contribution in [0.15, 0.2) is 48.7 Å². The van der Waals surface area contributed by atoms with Crippen molar-refractivity contribution in [2.24, 2.45) is 0 Å². The van der Waals surface area contributed by atoms with Crippen LogP contribution in [-0.2, 0) is 6.54 Å². The van der Waals surface area contributed by atoms with Gasteiger partial charge in [-0.15, -0.1) is 5.10 Å². The topological polar surface area (TPSA) is 51.0 Å². The molecule has 29 heavy (non-hydrogen) atoms. The third kappa shape index (κ3) is 4.04. The molecule has 0 aliphatic carbocycles. The molecule has 2 heterocycles. The van der Waals surface area contributed by atoms with Crippen molar-refractivity contribution < 1.29 is 13.6 Å². The second-order valence-electron chi connectivity index (χ2n) is 7.45. The zero-order chi connectivity index (χ0) is 20.4. The smallest absolute Gasteiger partial charge is 0.276 e. The molecule has 0 bridgehead atoms. The molecule has 1 unspecified atom stereocenters. The maximum absolute atomic E-state index is 13.9. The average Bonchev–Trinajstić information content (AvgIpc) is 3.19. The standard InChI is InChI=1S/C22H22F2N4O/c1-15-6-2-3-8-17(15)16-7-5-11-27(12-16)22(29)21-14-28(26-25-21)13-18-19(23)9-4-10-20(18)24/h2-4,6,8-10,14,16H,5,7,11-13H2,1H3. The van der Waals surface area contributed by atoms with Crippen molar-refractivity contribution in [2.45, 2.75) is 32.2 Å². The number of hydrogen-bond donors (Lipinski definition) is 0. The lowest BCUT2D eigenvalue weighted by atomic mass is 9.88. The zero-order valence-corrected chi connectivity index (χ0v) is 16.2. The Labute approximate surface area is 168 Å². The summed E-state index contributed by atoms with van der Waals surface area (Å²) >= 11 is 0. The molecule has 0 saturated carbocycles. The van der Waals surface area contributed by atoms with Gasteiger partial charge in [0.05, 0.1) is 12.7 Å². The Morgan fingerprint density at radius 3 is 2.66 bits per heavy atom. The number of benzene rings is 2. The van der Waals surface area contributed by atoms with Gasteiger partial charge in [0.15, 0.2) is 5.69 Å². The van der Waals surface area contributed by atoms with Gasteiger partial charge in [-0.05, 0) is 43.0 Å². The molecule has 4 rings (SSSR count). The van der Waals surface area contributed by atoms with Crippen LogP contribution in [0.25, 0.3) is 0 Å². The van der Waals surface area contributed by atoms with Crippen LogP contribution in [0.5, 0.6) is 0 Å². The van der Waals surface area contributed by atoms with Gasteiger partial charge in [-0.2, -0.15) is 0 Å². The summed E-state index contributed by atoms with van der Waals surface area (Å²) in [5, 5.41) is 7.83. The quantitative estimate of drug-likeness (QED) is 0.671. The van der Waals surface area contributed by atoms with Crippen LogP contribution in [0.2, 0.25) is 0 Å². The van der Waals surface area contributed by atoms with Crippen molar-refractivity contribution in [3.63, 3.8) is 0 Å². The number of nitrogens with zero attached hydrogens (tertiary/aromatic N) is 4. The van der Waals surface area contributed by atoms with E-state index in [0.29, 0.717) is 13.1 Å². The fourth-order valence-corrected chi connectivity index (χ4v) is 3.94. The van der Waals surface area contributed by atoms with Crippen molar-refractivity contribution in [3.05, 3.63) is 82.7 Å². The zero-order valence-electron chi connectivity index (χ0n) is 16.2. The summed E-state index contributed by atoms with van der Waals surface area (Å²) in [6.45, 7) is 3.25. The van der Waals surface area contributed by atoms with E-state index in [9.17, 15) is 13.6 Å². The molecule has 1 atom stereocenters. The van der Waals surface area contributed by atoms with E-state index in [4.69, 9.17) is 0 Å². The van der Waals surface area contributed by atoms with E-state index in [1.165, 1.54) is 40.2 Å². The Hall–Kier alpha value is -3.09. The Bertz CT molecular complexity index is 1010. The van der Waals surface area contributed by atoms with Gasteiger partial charge in [0, 0.05) is 24.6 Å². The first-order valence-electron chi connectivity index (χ1n) is 9.70. The predicted octanol–water partition coefficient (Wildman–Crippen LogP) is 3.93. The van der Waals surface area contributed by atoms with Crippen molar-refractivity contribution in [2.75, 3.05) is 13.1 Å². The molecule has 1 aromatic heterocycles. The fourth-order valence-electron chi connectivity index (χ4n) is 3.94. The fraction of sp³-hybridized carbons (Fsp3) is 0.318. The van der Waals surface area contributed by atoms with E-state index >= 15 is 0 Å². The molecule has 3 aromatic rings. The molecule has 1 aliphatic heterocycles. The molecule has 1 saturated heterocycles. The number of piperidine rings is 1. The Morgan fingerprint density at radius 1 is 1.14 bits per heavy atom. The lowest BCUT2D eigenvalue weighted by molar-refractivity contribution is 0.0700. The van der Waals surface area contributed by atoms with E-state index in [1.54, 1.807) is 4.90 Å². The molecule has 1 aliphatic rings. The predicted molar refractivity (Wildman–Crippen MR) is 105 cm³/mol. The van der Waals surface area contributed by atoms with Crippen LogP contribution in [0.3, 0.4) is 0 Å². The lowest BCUT2D eigenvalue weighted by Gasteiger charge is -2.33. The van der Waals surface area contributed by atoms with E-state index in [1.807, 2.05) is 12.1 Å². The average molecular weight is 396 g/mol. The first kappa shape index (κ1) is 19.2. The molecule has 7 heteroatoms. The van der Waals surface area contributed by atoms with Crippen LogP contribution in [0.1, 0.15) is 45.9 Å². The second kappa shape index (κ2) is 8.11. The summed E-state index contributed by atoms with van der Waals surface area (Å²) in [5.74, 6) is -1.21. The molecule has 1 amide bonds. The summed E-state index contributed by atoms with van der Waals surface area (Å²) in [7, 11) is 0. The van der Waals surface area contributed by atoms with Gasteiger partial charge >= 0.3 is 0 Å². The van der Waals surface area contributed by atoms with Gasteiger partial charge < -0.3 is 4.90 Å². The van der Waals surface area contributed by atoms with Gasteiger partial charge in [-0.25, -0.2) is 13.5 Å². The molecule has 150 valence electrons. The minimum atomic E-state index is -0.648. The molecule has 2 aromatic carbocycles. The molecular weight excluding hydrogens is 374 g/mol. The van der Waals surface area contributed by atoms with Gasteiger partial charge in [0.2, 0.25) is 0 Å². The number of rotatable bonds is 4. The SMILES string of the molecule is Cc1ccccc1C1CCCN(C(=O)c2cn(Cc3c(F)cccc3F)nn2)C1. The van der Waals surface area contributed by atoms with E-state index in [2.05, 4.69) is 29.4 Å². The number of amides is 1. The highest BCUT2D eigenvalue weighted by atomic mass is 19.1. The van der Waals surface area contributed by atoms with E-state index in [-0.39, 0.29) is 29.6 Å². The van der Waals surface area contributed by atoms with Crippen LogP contribution < -0.4 is 0 Å². The summed E-state index contributed by atoms with van der Waals surface area (Å²) < 4.78 is 29.0. The maximum atomic E-state index is 13.9. The maximum Gasteiger partial charge on any atom is 0.276 e. The molecule has 0 N–H and O–H groups in total. The van der Waals surface area contributed by atoms with Gasteiger partial charge in [0.25, 0.3) is 5.91 Å². The number of halogens is 2. The Morgan fingerprint density at radius 2 is 1.90 bits per heavy atom. The molecule has 5 nitrogen and oxygen atoms in total. The summed E-state index contributed by atoms with van der Waals surface area (Å²) in [6.07, 6.45) is 3.40. The number of carbonyl (C=O) groups is 1. The number of likely N-dealkylation sites (tertiary alicyclic amines) is 1. The third-order valence-corrected chi connectivity index (χ3v) is 5.48. The highest BCUT2D eigenvalue weighted by Crippen LogP contribution is 2.29. The van der Waals surface area contributed by atoms with Crippen LogP contribution in [0, 0.1) is 18.6 Å². The van der Waals surface area contributed by atoms with Crippen molar-refractivity contribution in [1.82, 2.24) is 19.9 Å². The molecule has 1 fully saturated rings. The molecular formula is C22H22F2N4O. The first-order valence-corrected chi connectivity index (χ1v) is 9.70.